The summed E-state index contributed by atoms with van der Waals surface area (Å²) < 4.78 is 13.1. The zero-order chi connectivity index (χ0) is 22.5. The van der Waals surface area contributed by atoms with Gasteiger partial charge < -0.3 is 20.4 Å². The lowest BCUT2D eigenvalue weighted by molar-refractivity contribution is 0.355. The lowest BCUT2D eigenvalue weighted by Crippen LogP contribution is -2.40. The van der Waals surface area contributed by atoms with Crippen LogP contribution in [0.1, 0.15) is 45.1 Å². The fourth-order valence-corrected chi connectivity index (χ4v) is 4.87. The predicted molar refractivity (Wildman–Crippen MR) is 133 cm³/mol. The van der Waals surface area contributed by atoms with E-state index in [-0.39, 0.29) is 5.82 Å². The van der Waals surface area contributed by atoms with Crippen LogP contribution in [0, 0.1) is 17.7 Å². The number of nitrogens with zero attached hydrogens (tertiary/aromatic N) is 4. The molecule has 2 aromatic rings. The van der Waals surface area contributed by atoms with Gasteiger partial charge in [0.2, 0.25) is 5.95 Å². The highest BCUT2D eigenvalue weighted by molar-refractivity contribution is 7.80. The van der Waals surface area contributed by atoms with Crippen LogP contribution in [0.25, 0.3) is 0 Å². The van der Waals surface area contributed by atoms with E-state index < -0.39 is 0 Å². The molecule has 6 nitrogen and oxygen atoms in total. The molecular formula is C24H33FN6S. The first-order valence-corrected chi connectivity index (χ1v) is 12.1. The monoisotopic (exact) mass is 456 g/mol. The molecule has 2 atom stereocenters. The molecule has 8 heteroatoms. The standard InChI is InChI=1S/C24H33FN6S/c1-17-12-18(2)16-31(15-17)22-13-21(30-10-4-3-5-11-30)27-23(28-22)29-24(32)26-14-19-6-8-20(25)9-7-19/h6-9,13,17-18H,3-5,10-12,14-16H2,1-2H3,(H2,26,27,28,29,32)/t17-,18-/m1/s1. The van der Waals surface area contributed by atoms with E-state index in [1.165, 1.54) is 37.8 Å². The Morgan fingerprint density at radius 1 is 1.00 bits per heavy atom. The van der Waals surface area contributed by atoms with Crippen molar-refractivity contribution < 1.29 is 4.39 Å². The van der Waals surface area contributed by atoms with Gasteiger partial charge in [-0.2, -0.15) is 9.97 Å². The Morgan fingerprint density at radius 2 is 1.62 bits per heavy atom. The molecule has 2 aliphatic heterocycles. The number of anilines is 3. The maximum absolute atomic E-state index is 13.1. The lowest BCUT2D eigenvalue weighted by atomic mass is 9.92. The fraction of sp³-hybridized carbons (Fsp3) is 0.542. The van der Waals surface area contributed by atoms with E-state index in [1.54, 1.807) is 12.1 Å². The van der Waals surface area contributed by atoms with Crippen molar-refractivity contribution in [3.8, 4) is 0 Å². The van der Waals surface area contributed by atoms with Crippen molar-refractivity contribution in [3.63, 3.8) is 0 Å². The van der Waals surface area contributed by atoms with Gasteiger partial charge in [-0.1, -0.05) is 26.0 Å². The molecule has 0 saturated carbocycles. The molecule has 0 unspecified atom stereocenters. The number of aromatic nitrogens is 2. The number of nitrogens with one attached hydrogen (secondary N) is 2. The van der Waals surface area contributed by atoms with Crippen LogP contribution in [0.4, 0.5) is 22.0 Å². The van der Waals surface area contributed by atoms with E-state index in [4.69, 9.17) is 22.2 Å². The summed E-state index contributed by atoms with van der Waals surface area (Å²) in [4.78, 5) is 14.4. The Bertz CT molecular complexity index is 905. The number of rotatable bonds is 5. The minimum Gasteiger partial charge on any atom is -0.358 e. The highest BCUT2D eigenvalue weighted by Crippen LogP contribution is 2.29. The van der Waals surface area contributed by atoms with Gasteiger partial charge in [0.1, 0.15) is 17.5 Å². The first-order chi connectivity index (χ1) is 15.5. The van der Waals surface area contributed by atoms with Gasteiger partial charge in [-0.25, -0.2) is 4.39 Å². The second-order valence-corrected chi connectivity index (χ2v) is 9.65. The van der Waals surface area contributed by atoms with Gasteiger partial charge in [-0.3, -0.25) is 0 Å². The zero-order valence-electron chi connectivity index (χ0n) is 19.0. The highest BCUT2D eigenvalue weighted by atomic mass is 32.1. The Kier molecular flexibility index (Phi) is 7.40. The maximum Gasteiger partial charge on any atom is 0.232 e. The molecule has 0 aliphatic carbocycles. The Morgan fingerprint density at radius 3 is 2.28 bits per heavy atom. The molecule has 172 valence electrons. The SMILES string of the molecule is C[C@@H]1C[C@@H](C)CN(c2cc(N3CCCCC3)nc(NC(=S)NCc3ccc(F)cc3)n2)C1. The van der Waals surface area contributed by atoms with Gasteiger partial charge in [0.05, 0.1) is 0 Å². The first-order valence-electron chi connectivity index (χ1n) is 11.6. The second kappa shape index (κ2) is 10.4. The normalized spacial score (nSPS) is 21.3. The van der Waals surface area contributed by atoms with Crippen molar-refractivity contribution >= 4 is 34.9 Å². The molecule has 2 fully saturated rings. The van der Waals surface area contributed by atoms with Crippen molar-refractivity contribution in [2.75, 3.05) is 41.3 Å². The molecule has 4 rings (SSSR count). The summed E-state index contributed by atoms with van der Waals surface area (Å²) in [5.41, 5.74) is 0.954. The minimum absolute atomic E-state index is 0.244. The number of halogens is 1. The molecule has 0 spiro atoms. The number of hydrogen-bond acceptors (Lipinski definition) is 5. The van der Waals surface area contributed by atoms with Crippen LogP contribution < -0.4 is 20.4 Å². The molecule has 1 aromatic heterocycles. The largest absolute Gasteiger partial charge is 0.358 e. The molecule has 1 aromatic carbocycles. The summed E-state index contributed by atoms with van der Waals surface area (Å²) in [6.45, 7) is 9.19. The third-order valence-corrected chi connectivity index (χ3v) is 6.41. The summed E-state index contributed by atoms with van der Waals surface area (Å²) >= 11 is 5.49. The summed E-state index contributed by atoms with van der Waals surface area (Å²) in [5, 5.41) is 6.80. The average Bonchev–Trinajstić information content (AvgIpc) is 2.78. The topological polar surface area (TPSA) is 56.3 Å². The predicted octanol–water partition coefficient (Wildman–Crippen LogP) is 4.57. The van der Waals surface area contributed by atoms with Crippen molar-refractivity contribution in [1.29, 1.82) is 0 Å². The van der Waals surface area contributed by atoms with Gasteiger partial charge in [-0.15, -0.1) is 0 Å². The Labute approximate surface area is 195 Å². The smallest absolute Gasteiger partial charge is 0.232 e. The van der Waals surface area contributed by atoms with Gasteiger partial charge in [0.15, 0.2) is 5.11 Å². The molecule has 3 heterocycles. The third-order valence-electron chi connectivity index (χ3n) is 6.16. The van der Waals surface area contributed by atoms with E-state index in [2.05, 4.69) is 40.3 Å². The Balaban J connectivity index is 1.50. The first kappa shape index (κ1) is 22.7. The van der Waals surface area contributed by atoms with E-state index in [1.807, 2.05) is 0 Å². The molecule has 2 aliphatic rings. The van der Waals surface area contributed by atoms with Crippen LogP contribution in [0.2, 0.25) is 0 Å². The van der Waals surface area contributed by atoms with E-state index >= 15 is 0 Å². The minimum atomic E-state index is -0.244. The van der Waals surface area contributed by atoms with Crippen LogP contribution in [0.5, 0.6) is 0 Å². The van der Waals surface area contributed by atoms with Crippen molar-refractivity contribution in [2.45, 2.75) is 46.1 Å². The summed E-state index contributed by atoms with van der Waals surface area (Å²) in [6.07, 6.45) is 4.91. The van der Waals surface area contributed by atoms with Gasteiger partial charge in [-0.05, 0) is 67.4 Å². The number of thiocarbonyl (C=S) groups is 1. The number of piperidine rings is 2. The molecule has 0 bridgehead atoms. The van der Waals surface area contributed by atoms with Crippen molar-refractivity contribution in [3.05, 3.63) is 41.7 Å². The quantitative estimate of drug-likeness (QED) is 0.639. The van der Waals surface area contributed by atoms with Crippen LogP contribution in [-0.2, 0) is 6.54 Å². The fourth-order valence-electron chi connectivity index (χ4n) is 4.71. The van der Waals surface area contributed by atoms with Crippen LogP contribution in [-0.4, -0.2) is 41.3 Å². The van der Waals surface area contributed by atoms with Crippen LogP contribution in [0.15, 0.2) is 30.3 Å². The third kappa shape index (κ3) is 6.06. The van der Waals surface area contributed by atoms with Gasteiger partial charge in [0.25, 0.3) is 0 Å². The van der Waals surface area contributed by atoms with Gasteiger partial charge >= 0.3 is 0 Å². The second-order valence-electron chi connectivity index (χ2n) is 9.24. The maximum atomic E-state index is 13.1. The van der Waals surface area contributed by atoms with E-state index in [0.29, 0.717) is 29.4 Å². The molecule has 0 radical (unpaired) electrons. The van der Waals surface area contributed by atoms with Crippen LogP contribution >= 0.6 is 12.2 Å². The van der Waals surface area contributed by atoms with Crippen molar-refractivity contribution in [2.24, 2.45) is 11.8 Å². The molecule has 32 heavy (non-hydrogen) atoms. The van der Waals surface area contributed by atoms with Gasteiger partial charge in [0, 0.05) is 38.8 Å². The van der Waals surface area contributed by atoms with E-state index in [9.17, 15) is 4.39 Å². The number of hydrogen-bond donors (Lipinski definition) is 2. The summed E-state index contributed by atoms with van der Waals surface area (Å²) in [5.74, 6) is 3.48. The summed E-state index contributed by atoms with van der Waals surface area (Å²) in [7, 11) is 0. The molecule has 2 saturated heterocycles. The molecular weight excluding hydrogens is 423 g/mol. The lowest BCUT2D eigenvalue weighted by Gasteiger charge is -2.36. The highest BCUT2D eigenvalue weighted by Gasteiger charge is 2.25. The van der Waals surface area contributed by atoms with Crippen LogP contribution in [0.3, 0.4) is 0 Å². The summed E-state index contributed by atoms with van der Waals surface area (Å²) in [6, 6.07) is 8.53. The average molecular weight is 457 g/mol. The molecule has 0 amide bonds. The van der Waals surface area contributed by atoms with E-state index in [0.717, 1.165) is 43.4 Å². The Hall–Kier alpha value is -2.48. The number of benzene rings is 1. The molecule has 2 N–H and O–H groups in total. The van der Waals surface area contributed by atoms with Crippen molar-refractivity contribution in [1.82, 2.24) is 15.3 Å². The zero-order valence-corrected chi connectivity index (χ0v) is 19.8.